The molecule has 0 N–H and O–H groups in total. The van der Waals surface area contributed by atoms with Crippen LogP contribution >= 0.6 is 0 Å². The maximum Gasteiger partial charge on any atom is 0.404 e. The Morgan fingerprint density at radius 1 is 1.27 bits per heavy atom. The number of ether oxygens (including phenoxy) is 1. The van der Waals surface area contributed by atoms with Gasteiger partial charge in [-0.1, -0.05) is 20.3 Å². The minimum Gasteiger partial charge on any atom is -0.465 e. The predicted octanol–water partition coefficient (Wildman–Crippen LogP) is 3.31. The number of hydrogen-bond donors (Lipinski definition) is 0. The summed E-state index contributed by atoms with van der Waals surface area (Å²) < 4.78 is 42.3. The molecule has 0 radical (unpaired) electrons. The van der Waals surface area contributed by atoms with Crippen LogP contribution in [0, 0.1) is 5.41 Å². The molecule has 2 nitrogen and oxygen atoms in total. The topological polar surface area (TPSA) is 26.3 Å². The van der Waals surface area contributed by atoms with Gasteiger partial charge < -0.3 is 4.74 Å². The second-order valence-corrected chi connectivity index (χ2v) is 3.67. The van der Waals surface area contributed by atoms with Crippen LogP contribution in [0.15, 0.2) is 0 Å². The number of alkyl halides is 3. The molecule has 0 aromatic rings. The minimum absolute atomic E-state index is 0.0566. The van der Waals surface area contributed by atoms with Crippen molar-refractivity contribution in [3.05, 3.63) is 0 Å². The molecule has 1 atom stereocenters. The van der Waals surface area contributed by atoms with Crippen molar-refractivity contribution in [1.29, 1.82) is 0 Å². The van der Waals surface area contributed by atoms with Crippen molar-refractivity contribution in [3.8, 4) is 0 Å². The van der Waals surface area contributed by atoms with Gasteiger partial charge in [-0.3, -0.25) is 4.79 Å². The molecule has 1 unspecified atom stereocenters. The number of rotatable bonds is 5. The van der Waals surface area contributed by atoms with E-state index in [-0.39, 0.29) is 13.0 Å². The highest BCUT2D eigenvalue weighted by molar-refractivity contribution is 5.77. The lowest BCUT2D eigenvalue weighted by molar-refractivity contribution is -0.230. The summed E-state index contributed by atoms with van der Waals surface area (Å²) in [5.74, 6) is -1.18. The summed E-state index contributed by atoms with van der Waals surface area (Å²) in [6, 6.07) is 0. The quantitative estimate of drug-likeness (QED) is 0.531. The Morgan fingerprint density at radius 2 is 1.80 bits per heavy atom. The van der Waals surface area contributed by atoms with Gasteiger partial charge in [0.1, 0.15) is 0 Å². The first-order valence-corrected chi connectivity index (χ1v) is 5.03. The lowest BCUT2D eigenvalue weighted by Gasteiger charge is -2.28. The highest BCUT2D eigenvalue weighted by Gasteiger charge is 2.56. The van der Waals surface area contributed by atoms with E-state index in [0.717, 1.165) is 13.3 Å². The van der Waals surface area contributed by atoms with Crippen LogP contribution in [-0.4, -0.2) is 18.8 Å². The molecule has 0 aromatic carbocycles. The Labute approximate surface area is 87.8 Å². The smallest absolute Gasteiger partial charge is 0.404 e. The van der Waals surface area contributed by atoms with Crippen LogP contribution in [0.5, 0.6) is 0 Å². The maximum atomic E-state index is 12.6. The van der Waals surface area contributed by atoms with Crippen molar-refractivity contribution in [1.82, 2.24) is 0 Å². The molecular formula is C10H17F3O2. The van der Waals surface area contributed by atoms with Crippen LogP contribution in [0.2, 0.25) is 0 Å². The molecule has 0 aliphatic rings. The van der Waals surface area contributed by atoms with Crippen molar-refractivity contribution in [3.63, 3.8) is 0 Å². The lowest BCUT2D eigenvalue weighted by Crippen LogP contribution is -2.43. The van der Waals surface area contributed by atoms with Gasteiger partial charge >= 0.3 is 12.1 Å². The zero-order valence-corrected chi connectivity index (χ0v) is 9.28. The van der Waals surface area contributed by atoms with Crippen LogP contribution in [0.1, 0.15) is 40.0 Å². The van der Waals surface area contributed by atoms with E-state index in [2.05, 4.69) is 4.74 Å². The van der Waals surface area contributed by atoms with E-state index in [1.807, 2.05) is 6.92 Å². The molecule has 0 heterocycles. The number of unbranched alkanes of at least 4 members (excludes halogenated alkanes) is 1. The van der Waals surface area contributed by atoms with E-state index in [1.165, 1.54) is 6.92 Å². The van der Waals surface area contributed by atoms with Gasteiger partial charge in [-0.25, -0.2) is 0 Å². The Hall–Kier alpha value is -0.740. The van der Waals surface area contributed by atoms with Crippen molar-refractivity contribution in [2.24, 2.45) is 5.41 Å². The summed E-state index contributed by atoms with van der Waals surface area (Å²) in [5.41, 5.74) is -2.37. The summed E-state index contributed by atoms with van der Waals surface area (Å²) in [5, 5.41) is 0. The Bertz CT molecular complexity index is 213. The van der Waals surface area contributed by atoms with Gasteiger partial charge in [0.15, 0.2) is 5.41 Å². The fourth-order valence-corrected chi connectivity index (χ4v) is 0.929. The van der Waals surface area contributed by atoms with Crippen LogP contribution in [0.25, 0.3) is 0 Å². The largest absolute Gasteiger partial charge is 0.465 e. The highest BCUT2D eigenvalue weighted by Crippen LogP contribution is 2.41. The summed E-state index contributed by atoms with van der Waals surface area (Å²) in [4.78, 5) is 11.3. The second-order valence-electron chi connectivity index (χ2n) is 3.67. The third kappa shape index (κ3) is 3.39. The standard InChI is InChI=1S/C10H17F3O2/c1-4-6-7-15-8(14)9(3,5-2)10(11,12)13/h4-7H2,1-3H3. The molecule has 0 aliphatic carbocycles. The zero-order chi connectivity index (χ0) is 12.1. The van der Waals surface area contributed by atoms with Crippen molar-refractivity contribution in [2.45, 2.75) is 46.2 Å². The van der Waals surface area contributed by atoms with Gasteiger partial charge in [-0.15, -0.1) is 0 Å². The lowest BCUT2D eigenvalue weighted by atomic mass is 9.87. The van der Waals surface area contributed by atoms with Crippen molar-refractivity contribution in [2.75, 3.05) is 6.61 Å². The molecular weight excluding hydrogens is 209 g/mol. The van der Waals surface area contributed by atoms with Crippen LogP contribution < -0.4 is 0 Å². The zero-order valence-electron chi connectivity index (χ0n) is 9.28. The van der Waals surface area contributed by atoms with Gasteiger partial charge in [-0.2, -0.15) is 13.2 Å². The molecule has 0 saturated heterocycles. The van der Waals surface area contributed by atoms with E-state index >= 15 is 0 Å². The van der Waals surface area contributed by atoms with Crippen LogP contribution in [-0.2, 0) is 9.53 Å². The molecule has 0 aliphatic heterocycles. The molecule has 0 bridgehead atoms. The van der Waals surface area contributed by atoms with Gasteiger partial charge in [0.2, 0.25) is 0 Å². The summed E-state index contributed by atoms with van der Waals surface area (Å²) in [6.45, 7) is 4.13. The molecule has 0 spiro atoms. The summed E-state index contributed by atoms with van der Waals surface area (Å²) in [7, 11) is 0. The first-order valence-electron chi connectivity index (χ1n) is 5.03. The third-order valence-electron chi connectivity index (χ3n) is 2.51. The fraction of sp³-hybridized carbons (Fsp3) is 0.900. The van der Waals surface area contributed by atoms with Gasteiger partial charge in [-0.05, 0) is 19.8 Å². The van der Waals surface area contributed by atoms with E-state index in [4.69, 9.17) is 0 Å². The molecule has 90 valence electrons. The Balaban J connectivity index is 4.46. The highest BCUT2D eigenvalue weighted by atomic mass is 19.4. The molecule has 15 heavy (non-hydrogen) atoms. The normalized spacial score (nSPS) is 15.9. The number of halogens is 3. The Kier molecular flexibility index (Phi) is 5.11. The van der Waals surface area contributed by atoms with E-state index in [0.29, 0.717) is 6.42 Å². The van der Waals surface area contributed by atoms with Gasteiger partial charge in [0, 0.05) is 0 Å². The molecule has 0 aromatic heterocycles. The van der Waals surface area contributed by atoms with E-state index in [1.54, 1.807) is 0 Å². The van der Waals surface area contributed by atoms with Crippen LogP contribution in [0.4, 0.5) is 13.2 Å². The van der Waals surface area contributed by atoms with Gasteiger partial charge in [0.05, 0.1) is 6.61 Å². The fourth-order valence-electron chi connectivity index (χ4n) is 0.929. The first-order chi connectivity index (χ1) is 6.79. The predicted molar refractivity (Wildman–Crippen MR) is 50.3 cm³/mol. The molecule has 0 saturated carbocycles. The second kappa shape index (κ2) is 5.37. The van der Waals surface area contributed by atoms with Crippen molar-refractivity contribution >= 4 is 5.97 Å². The van der Waals surface area contributed by atoms with E-state index in [9.17, 15) is 18.0 Å². The molecule has 0 fully saturated rings. The number of hydrogen-bond acceptors (Lipinski definition) is 2. The van der Waals surface area contributed by atoms with Crippen molar-refractivity contribution < 1.29 is 22.7 Å². The first kappa shape index (κ1) is 14.3. The third-order valence-corrected chi connectivity index (χ3v) is 2.51. The average molecular weight is 226 g/mol. The average Bonchev–Trinajstić information content (AvgIpc) is 2.15. The molecule has 0 amide bonds. The van der Waals surface area contributed by atoms with Crippen LogP contribution in [0.3, 0.4) is 0 Å². The van der Waals surface area contributed by atoms with Gasteiger partial charge in [0.25, 0.3) is 0 Å². The summed E-state index contributed by atoms with van der Waals surface area (Å²) in [6.07, 6.45) is -3.49. The summed E-state index contributed by atoms with van der Waals surface area (Å²) >= 11 is 0. The monoisotopic (exact) mass is 226 g/mol. The maximum absolute atomic E-state index is 12.6. The molecule has 5 heteroatoms. The van der Waals surface area contributed by atoms with E-state index < -0.39 is 17.6 Å². The minimum atomic E-state index is -4.55. The number of carbonyl (C=O) groups excluding carboxylic acids is 1. The number of carbonyl (C=O) groups is 1. The number of esters is 1. The molecule has 0 rings (SSSR count). The SMILES string of the molecule is CCCCOC(=O)C(C)(CC)C(F)(F)F. The Morgan fingerprint density at radius 3 is 2.13 bits per heavy atom.